The molecule has 4 rings (SSSR count). The van der Waals surface area contributed by atoms with E-state index in [9.17, 15) is 19.8 Å². The van der Waals surface area contributed by atoms with Gasteiger partial charge in [0.25, 0.3) is 0 Å². The van der Waals surface area contributed by atoms with Crippen LogP contribution in [0.15, 0.2) is 0 Å². The van der Waals surface area contributed by atoms with Crippen LogP contribution in [0, 0.1) is 28.6 Å². The van der Waals surface area contributed by atoms with Gasteiger partial charge in [-0.25, -0.2) is 0 Å². The fourth-order valence-electron chi connectivity index (χ4n) is 7.95. The van der Waals surface area contributed by atoms with Crippen molar-refractivity contribution in [2.24, 2.45) is 28.6 Å². The van der Waals surface area contributed by atoms with Crippen LogP contribution in [0.5, 0.6) is 0 Å². The molecule has 0 amide bonds. The van der Waals surface area contributed by atoms with E-state index >= 15 is 0 Å². The number of esters is 2. The van der Waals surface area contributed by atoms with Gasteiger partial charge in [-0.05, 0) is 69.1 Å². The molecule has 0 aromatic rings. The molecule has 4 saturated carbocycles. The molecule has 6 heteroatoms. The molecular weight excluding hydrogens is 372 g/mol. The SMILES string of the molecule is CC(=O)O[C@H]1CC[C@]2(C)[C@H]3CC[C@]4(C)[C@@H](OC(C)=O)CC[C@H]4[C@@H]3CC[C@@]2(O)[C@@H]1O. The average molecular weight is 409 g/mol. The normalized spacial score (nSPS) is 51.4. The molecule has 0 aromatic carbocycles. The Morgan fingerprint density at radius 2 is 1.55 bits per heavy atom. The molecule has 4 aliphatic rings. The maximum absolute atomic E-state index is 11.7. The molecule has 2 N–H and O–H groups in total. The Labute approximate surface area is 173 Å². The highest BCUT2D eigenvalue weighted by Gasteiger charge is 2.67. The van der Waals surface area contributed by atoms with Crippen molar-refractivity contribution in [2.45, 2.75) is 103 Å². The highest BCUT2D eigenvalue weighted by Crippen LogP contribution is 2.67. The van der Waals surface area contributed by atoms with Crippen LogP contribution in [0.1, 0.15) is 79.1 Å². The number of fused-ring (bicyclic) bond motifs is 5. The van der Waals surface area contributed by atoms with Crippen molar-refractivity contribution in [1.29, 1.82) is 0 Å². The molecule has 4 fully saturated rings. The van der Waals surface area contributed by atoms with Crippen LogP contribution in [0.2, 0.25) is 0 Å². The van der Waals surface area contributed by atoms with Gasteiger partial charge >= 0.3 is 11.9 Å². The summed E-state index contributed by atoms with van der Waals surface area (Å²) in [6, 6.07) is 0. The summed E-state index contributed by atoms with van der Waals surface area (Å²) in [4.78, 5) is 23.1. The zero-order valence-corrected chi connectivity index (χ0v) is 18.1. The number of hydrogen-bond donors (Lipinski definition) is 2. The van der Waals surface area contributed by atoms with Crippen molar-refractivity contribution in [1.82, 2.24) is 0 Å². The van der Waals surface area contributed by atoms with Crippen LogP contribution in [0.4, 0.5) is 0 Å². The minimum Gasteiger partial charge on any atom is -0.462 e. The number of carbonyl (C=O) groups excluding carboxylic acids is 2. The summed E-state index contributed by atoms with van der Waals surface area (Å²) in [6.07, 6.45) is 4.95. The molecule has 0 unspecified atom stereocenters. The molecular formula is C23H36O6. The summed E-state index contributed by atoms with van der Waals surface area (Å²) in [7, 11) is 0. The van der Waals surface area contributed by atoms with Crippen LogP contribution in [-0.2, 0) is 19.1 Å². The lowest BCUT2D eigenvalue weighted by atomic mass is 9.43. The number of rotatable bonds is 2. The molecule has 0 aromatic heterocycles. The predicted molar refractivity (Wildman–Crippen MR) is 106 cm³/mol. The maximum Gasteiger partial charge on any atom is 0.302 e. The van der Waals surface area contributed by atoms with E-state index in [-0.39, 0.29) is 17.5 Å². The zero-order chi connectivity index (χ0) is 21.2. The van der Waals surface area contributed by atoms with Gasteiger partial charge in [0.05, 0.1) is 5.60 Å². The molecule has 0 aliphatic heterocycles. The van der Waals surface area contributed by atoms with E-state index in [0.717, 1.165) is 38.5 Å². The van der Waals surface area contributed by atoms with Gasteiger partial charge in [0.2, 0.25) is 0 Å². The fraction of sp³-hybridized carbons (Fsp3) is 0.913. The van der Waals surface area contributed by atoms with E-state index in [1.165, 1.54) is 13.8 Å². The predicted octanol–water partition coefficient (Wildman–Crippen LogP) is 2.98. The first-order valence-electron chi connectivity index (χ1n) is 11.3. The third-order valence-corrected chi connectivity index (χ3v) is 9.43. The maximum atomic E-state index is 11.7. The molecule has 29 heavy (non-hydrogen) atoms. The second-order valence-corrected chi connectivity index (χ2v) is 10.6. The molecule has 0 radical (unpaired) electrons. The lowest BCUT2D eigenvalue weighted by Gasteiger charge is -2.65. The number of ether oxygens (including phenoxy) is 2. The number of hydrogen-bond acceptors (Lipinski definition) is 6. The standard InChI is InChI=1S/C23H36O6/c1-13(24)28-18-9-11-22(4)17-8-10-21(3)16(5-6-19(21)29-14(2)25)15(17)7-12-23(22,27)20(18)26/h15-20,26-27H,5-12H2,1-4H3/t15-,16-,17-,18-,19-,20+,21-,22+,23+/m0/s1. The Morgan fingerprint density at radius 3 is 2.21 bits per heavy atom. The quantitative estimate of drug-likeness (QED) is 0.683. The molecule has 0 bridgehead atoms. The van der Waals surface area contributed by atoms with Gasteiger partial charge in [0.1, 0.15) is 18.3 Å². The van der Waals surface area contributed by atoms with E-state index in [0.29, 0.717) is 30.6 Å². The lowest BCUT2D eigenvalue weighted by molar-refractivity contribution is -0.271. The Hall–Kier alpha value is -1.14. The summed E-state index contributed by atoms with van der Waals surface area (Å²) in [5, 5.41) is 22.7. The first-order chi connectivity index (χ1) is 13.5. The monoisotopic (exact) mass is 408 g/mol. The number of aliphatic hydroxyl groups is 2. The summed E-state index contributed by atoms with van der Waals surface area (Å²) in [5.41, 5.74) is -1.62. The average Bonchev–Trinajstić information content (AvgIpc) is 2.96. The van der Waals surface area contributed by atoms with Crippen LogP contribution in [-0.4, -0.2) is 46.1 Å². The van der Waals surface area contributed by atoms with Gasteiger partial charge in [0.15, 0.2) is 0 Å². The molecule has 0 heterocycles. The molecule has 164 valence electrons. The van der Waals surface area contributed by atoms with Gasteiger partial charge in [-0.2, -0.15) is 0 Å². The Bertz CT molecular complexity index is 693. The van der Waals surface area contributed by atoms with Gasteiger partial charge in [-0.15, -0.1) is 0 Å². The Morgan fingerprint density at radius 1 is 0.862 bits per heavy atom. The topological polar surface area (TPSA) is 93.1 Å². The minimum absolute atomic E-state index is 0.00616. The third kappa shape index (κ3) is 2.96. The Kier molecular flexibility index (Phi) is 5.05. The van der Waals surface area contributed by atoms with Gasteiger partial charge in [-0.3, -0.25) is 9.59 Å². The second-order valence-electron chi connectivity index (χ2n) is 10.6. The highest BCUT2D eigenvalue weighted by molar-refractivity contribution is 5.66. The summed E-state index contributed by atoms with van der Waals surface area (Å²) >= 11 is 0. The second kappa shape index (κ2) is 6.94. The van der Waals surface area contributed by atoms with Crippen LogP contribution in [0.3, 0.4) is 0 Å². The first-order valence-corrected chi connectivity index (χ1v) is 11.3. The van der Waals surface area contributed by atoms with E-state index in [1.54, 1.807) is 0 Å². The third-order valence-electron chi connectivity index (χ3n) is 9.43. The molecule has 6 nitrogen and oxygen atoms in total. The number of aliphatic hydroxyl groups excluding tert-OH is 1. The smallest absolute Gasteiger partial charge is 0.302 e. The van der Waals surface area contributed by atoms with Crippen molar-refractivity contribution in [3.8, 4) is 0 Å². The van der Waals surface area contributed by atoms with Crippen molar-refractivity contribution in [3.63, 3.8) is 0 Å². The van der Waals surface area contributed by atoms with Crippen LogP contribution in [0.25, 0.3) is 0 Å². The summed E-state index contributed by atoms with van der Waals surface area (Å²) in [6.45, 7) is 7.26. The van der Waals surface area contributed by atoms with Crippen molar-refractivity contribution < 1.29 is 29.3 Å². The minimum atomic E-state index is -1.23. The number of carbonyl (C=O) groups is 2. The van der Waals surface area contributed by atoms with Crippen molar-refractivity contribution in [3.05, 3.63) is 0 Å². The summed E-state index contributed by atoms with van der Waals surface area (Å²) in [5.74, 6) is 0.664. The first kappa shape index (κ1) is 21.1. The summed E-state index contributed by atoms with van der Waals surface area (Å²) < 4.78 is 11.0. The molecule has 0 spiro atoms. The van der Waals surface area contributed by atoms with E-state index in [2.05, 4.69) is 13.8 Å². The van der Waals surface area contributed by atoms with Crippen molar-refractivity contribution in [2.75, 3.05) is 0 Å². The van der Waals surface area contributed by atoms with E-state index < -0.39 is 29.2 Å². The largest absolute Gasteiger partial charge is 0.462 e. The highest BCUT2D eigenvalue weighted by atomic mass is 16.6. The molecule has 0 saturated heterocycles. The van der Waals surface area contributed by atoms with E-state index in [4.69, 9.17) is 9.47 Å². The van der Waals surface area contributed by atoms with E-state index in [1.807, 2.05) is 0 Å². The van der Waals surface area contributed by atoms with Gasteiger partial charge < -0.3 is 19.7 Å². The van der Waals surface area contributed by atoms with Crippen molar-refractivity contribution >= 4 is 11.9 Å². The zero-order valence-electron chi connectivity index (χ0n) is 18.1. The fourth-order valence-corrected chi connectivity index (χ4v) is 7.95. The van der Waals surface area contributed by atoms with Crippen LogP contribution < -0.4 is 0 Å². The van der Waals surface area contributed by atoms with Gasteiger partial charge in [-0.1, -0.05) is 13.8 Å². The Balaban J connectivity index is 1.59. The molecule has 9 atom stereocenters. The lowest BCUT2D eigenvalue weighted by Crippen LogP contribution is -2.69. The van der Waals surface area contributed by atoms with Gasteiger partial charge in [0, 0.05) is 24.7 Å². The van der Waals surface area contributed by atoms with Crippen LogP contribution >= 0.6 is 0 Å². The molecule has 4 aliphatic carbocycles.